The van der Waals surface area contributed by atoms with Crippen molar-refractivity contribution >= 4 is 21.7 Å². The monoisotopic (exact) mass is 408 g/mol. The number of nitrogens with zero attached hydrogens (tertiary/aromatic N) is 1. The van der Waals surface area contributed by atoms with E-state index in [2.05, 4.69) is 20.9 Å². The Morgan fingerprint density at radius 3 is 2.50 bits per heavy atom. The predicted octanol–water partition coefficient (Wildman–Crippen LogP) is 1.90. The van der Waals surface area contributed by atoms with Gasteiger partial charge in [0.1, 0.15) is 0 Å². The van der Waals surface area contributed by atoms with Crippen molar-refractivity contribution in [2.75, 3.05) is 19.8 Å². The zero-order chi connectivity index (χ0) is 20.6. The van der Waals surface area contributed by atoms with Gasteiger partial charge >= 0.3 is 0 Å². The third kappa shape index (κ3) is 7.14. The third-order valence-corrected chi connectivity index (χ3v) is 6.19. The van der Waals surface area contributed by atoms with E-state index >= 15 is 0 Å². The van der Waals surface area contributed by atoms with Crippen LogP contribution in [0.4, 0.5) is 0 Å². The number of benzene rings is 1. The largest absolute Gasteiger partial charge is 0.356 e. The lowest BCUT2D eigenvalue weighted by atomic mass is 9.95. The van der Waals surface area contributed by atoms with Crippen LogP contribution in [0.1, 0.15) is 49.7 Å². The van der Waals surface area contributed by atoms with E-state index in [9.17, 15) is 13.2 Å². The van der Waals surface area contributed by atoms with E-state index in [-0.39, 0.29) is 5.91 Å². The first-order valence-corrected chi connectivity index (χ1v) is 11.7. The second kappa shape index (κ2) is 10.5. The highest BCUT2D eigenvalue weighted by atomic mass is 32.2. The second-order valence-electron chi connectivity index (χ2n) is 7.38. The van der Waals surface area contributed by atoms with Crippen LogP contribution in [0.5, 0.6) is 0 Å². The number of hydrogen-bond donors (Lipinski definition) is 3. The van der Waals surface area contributed by atoms with Crippen molar-refractivity contribution < 1.29 is 13.2 Å². The number of guanidine groups is 1. The fourth-order valence-corrected chi connectivity index (χ4v) is 4.44. The molecule has 1 aromatic carbocycles. The van der Waals surface area contributed by atoms with Crippen LogP contribution in [-0.2, 0) is 21.2 Å². The first-order chi connectivity index (χ1) is 13.3. The van der Waals surface area contributed by atoms with Crippen molar-refractivity contribution in [2.24, 2.45) is 4.99 Å². The summed E-state index contributed by atoms with van der Waals surface area (Å²) in [6, 6.07) is 5.61. The minimum atomic E-state index is -3.21. The molecule has 1 aromatic rings. The highest BCUT2D eigenvalue weighted by molar-refractivity contribution is 7.90. The molecule has 0 spiro atoms. The summed E-state index contributed by atoms with van der Waals surface area (Å²) < 4.78 is 23.4. The van der Waals surface area contributed by atoms with Crippen LogP contribution in [0.25, 0.3) is 0 Å². The number of amides is 1. The van der Waals surface area contributed by atoms with E-state index < -0.39 is 9.84 Å². The van der Waals surface area contributed by atoms with E-state index in [1.165, 1.54) is 25.5 Å². The van der Waals surface area contributed by atoms with Gasteiger partial charge in [0.15, 0.2) is 15.8 Å². The first-order valence-electron chi connectivity index (χ1n) is 9.83. The summed E-state index contributed by atoms with van der Waals surface area (Å²) in [6.45, 7) is 2.81. The lowest BCUT2D eigenvalue weighted by molar-refractivity contribution is -0.121. The molecule has 0 atom stereocenters. The van der Waals surface area contributed by atoms with Gasteiger partial charge in [0.2, 0.25) is 5.91 Å². The molecule has 0 unspecified atom stereocenters. The molecule has 1 aliphatic rings. The third-order valence-electron chi connectivity index (χ3n) is 4.94. The van der Waals surface area contributed by atoms with Crippen molar-refractivity contribution in [3.05, 3.63) is 29.3 Å². The van der Waals surface area contributed by atoms with E-state index in [4.69, 9.17) is 0 Å². The lowest BCUT2D eigenvalue weighted by Crippen LogP contribution is -2.41. The molecular weight excluding hydrogens is 376 g/mol. The number of carbonyl (C=O) groups is 1. The molecule has 0 radical (unpaired) electrons. The summed E-state index contributed by atoms with van der Waals surface area (Å²) in [5, 5.41) is 9.43. The highest BCUT2D eigenvalue weighted by Crippen LogP contribution is 2.17. The van der Waals surface area contributed by atoms with Crippen LogP contribution in [-0.4, -0.2) is 46.2 Å². The molecule has 1 fully saturated rings. The average Bonchev–Trinajstić information content (AvgIpc) is 2.64. The highest BCUT2D eigenvalue weighted by Gasteiger charge is 2.15. The summed E-state index contributed by atoms with van der Waals surface area (Å²) in [7, 11) is -1.54. The summed E-state index contributed by atoms with van der Waals surface area (Å²) in [4.78, 5) is 16.6. The fourth-order valence-electron chi connectivity index (χ4n) is 3.49. The number of aliphatic imine (C=N–C) groups is 1. The fraction of sp³-hybridized carbons (Fsp3) is 0.600. The molecule has 1 amide bonds. The minimum Gasteiger partial charge on any atom is -0.356 e. The van der Waals surface area contributed by atoms with Crippen LogP contribution < -0.4 is 16.0 Å². The summed E-state index contributed by atoms with van der Waals surface area (Å²) in [6.07, 6.45) is 7.45. The zero-order valence-electron chi connectivity index (χ0n) is 17.0. The van der Waals surface area contributed by atoms with Crippen LogP contribution in [0.2, 0.25) is 0 Å². The standard InChI is InChI=1S/C20H32N4O3S/c1-15-13-16(9-10-18(15)28(3,26)27)14-23-20(21-2)22-12-11-19(25)24-17-7-5-4-6-8-17/h9-10,13,17H,4-8,11-12,14H2,1-3H3,(H,24,25)(H2,21,22,23). The number of carbonyl (C=O) groups excluding carboxylic acids is 1. The molecule has 0 aromatic heterocycles. The number of hydrogen-bond acceptors (Lipinski definition) is 4. The van der Waals surface area contributed by atoms with Gasteiger partial charge < -0.3 is 16.0 Å². The van der Waals surface area contributed by atoms with E-state index in [1.54, 1.807) is 26.1 Å². The lowest BCUT2D eigenvalue weighted by Gasteiger charge is -2.22. The van der Waals surface area contributed by atoms with Crippen molar-refractivity contribution in [1.29, 1.82) is 0 Å². The molecule has 0 heterocycles. The normalized spacial score (nSPS) is 15.9. The quantitative estimate of drug-likeness (QED) is 0.473. The summed E-state index contributed by atoms with van der Waals surface area (Å²) in [5.41, 5.74) is 1.69. The molecule has 1 saturated carbocycles. The summed E-state index contributed by atoms with van der Waals surface area (Å²) >= 11 is 0. The van der Waals surface area contributed by atoms with Crippen molar-refractivity contribution in [1.82, 2.24) is 16.0 Å². The van der Waals surface area contributed by atoms with Crippen molar-refractivity contribution in [2.45, 2.75) is 62.9 Å². The van der Waals surface area contributed by atoms with Gasteiger partial charge in [-0.25, -0.2) is 8.42 Å². The van der Waals surface area contributed by atoms with E-state index in [1.807, 2.05) is 6.07 Å². The Hall–Kier alpha value is -2.09. The number of aryl methyl sites for hydroxylation is 1. The Bertz CT molecular complexity index is 800. The van der Waals surface area contributed by atoms with Gasteiger partial charge in [-0.2, -0.15) is 0 Å². The van der Waals surface area contributed by atoms with E-state index in [0.717, 1.165) is 24.0 Å². The average molecular weight is 409 g/mol. The Morgan fingerprint density at radius 2 is 1.89 bits per heavy atom. The maximum absolute atomic E-state index is 12.1. The Balaban J connectivity index is 1.75. The van der Waals surface area contributed by atoms with Crippen molar-refractivity contribution in [3.8, 4) is 0 Å². The smallest absolute Gasteiger partial charge is 0.221 e. The first kappa shape index (κ1) is 22.2. The number of rotatable bonds is 7. The molecule has 3 N–H and O–H groups in total. The Kier molecular flexibility index (Phi) is 8.29. The molecule has 28 heavy (non-hydrogen) atoms. The topological polar surface area (TPSA) is 99.7 Å². The SMILES string of the molecule is CN=C(NCCC(=O)NC1CCCCC1)NCc1ccc(S(C)(=O)=O)c(C)c1. The Morgan fingerprint density at radius 1 is 1.18 bits per heavy atom. The Labute approximate surface area is 168 Å². The van der Waals surface area contributed by atoms with Gasteiger partial charge in [0.05, 0.1) is 4.90 Å². The van der Waals surface area contributed by atoms with Crippen LogP contribution in [0, 0.1) is 6.92 Å². The predicted molar refractivity (Wildman–Crippen MR) is 112 cm³/mol. The molecule has 0 saturated heterocycles. The minimum absolute atomic E-state index is 0.0711. The summed E-state index contributed by atoms with van der Waals surface area (Å²) in [5.74, 6) is 0.678. The van der Waals surface area contributed by atoms with Crippen LogP contribution in [0.15, 0.2) is 28.1 Å². The van der Waals surface area contributed by atoms with Gasteiger partial charge in [-0.3, -0.25) is 9.79 Å². The maximum atomic E-state index is 12.1. The molecule has 8 heteroatoms. The molecule has 0 aliphatic heterocycles. The second-order valence-corrected chi connectivity index (χ2v) is 9.36. The van der Waals surface area contributed by atoms with Crippen molar-refractivity contribution in [3.63, 3.8) is 0 Å². The molecule has 156 valence electrons. The van der Waals surface area contributed by atoms with Gasteiger partial charge in [-0.05, 0) is 37.0 Å². The molecular formula is C20H32N4O3S. The molecule has 2 rings (SSSR count). The number of sulfone groups is 1. The van der Waals surface area contributed by atoms with Crippen LogP contribution in [0.3, 0.4) is 0 Å². The van der Waals surface area contributed by atoms with Gasteiger partial charge in [0.25, 0.3) is 0 Å². The van der Waals surface area contributed by atoms with E-state index in [0.29, 0.717) is 36.4 Å². The van der Waals surface area contributed by atoms with Gasteiger partial charge in [0, 0.05) is 38.9 Å². The van der Waals surface area contributed by atoms with Crippen LogP contribution >= 0.6 is 0 Å². The molecule has 0 bridgehead atoms. The molecule has 1 aliphatic carbocycles. The molecule has 7 nitrogen and oxygen atoms in total. The maximum Gasteiger partial charge on any atom is 0.221 e. The van der Waals surface area contributed by atoms with Gasteiger partial charge in [-0.1, -0.05) is 31.4 Å². The van der Waals surface area contributed by atoms with Gasteiger partial charge in [-0.15, -0.1) is 0 Å². The zero-order valence-corrected chi connectivity index (χ0v) is 17.9. The number of nitrogens with one attached hydrogen (secondary N) is 3.